The molecule has 3 rings (SSSR count). The predicted octanol–water partition coefficient (Wildman–Crippen LogP) is 1.73. The first-order chi connectivity index (χ1) is 8.86. The molecule has 2 aliphatic rings. The third kappa shape index (κ3) is 2.62. The second-order valence-corrected chi connectivity index (χ2v) is 6.32. The number of nitrogens with one attached hydrogen (secondary N) is 1. The molecule has 0 amide bonds. The number of thiophene rings is 1. The van der Waals surface area contributed by atoms with Crippen molar-refractivity contribution in [3.63, 3.8) is 0 Å². The minimum absolute atomic E-state index is 0.555. The minimum Gasteiger partial charge on any atom is -0.379 e. The second-order valence-electron chi connectivity index (χ2n) is 5.32. The molecule has 4 heteroatoms. The van der Waals surface area contributed by atoms with Crippen molar-refractivity contribution in [2.24, 2.45) is 5.92 Å². The summed E-state index contributed by atoms with van der Waals surface area (Å²) in [5.74, 6) is 0.658. The summed E-state index contributed by atoms with van der Waals surface area (Å²) in [6.07, 6.45) is 1.23. The van der Waals surface area contributed by atoms with E-state index >= 15 is 0 Å². The summed E-state index contributed by atoms with van der Waals surface area (Å²) >= 11 is 1.92. The predicted molar refractivity (Wildman–Crippen MR) is 75.1 cm³/mol. The molecule has 0 saturated carbocycles. The van der Waals surface area contributed by atoms with Crippen molar-refractivity contribution in [3.8, 4) is 0 Å². The van der Waals surface area contributed by atoms with E-state index in [0.29, 0.717) is 12.0 Å². The van der Waals surface area contributed by atoms with Gasteiger partial charge in [-0.05, 0) is 30.0 Å². The fraction of sp³-hybridized carbons (Fsp3) is 0.714. The van der Waals surface area contributed by atoms with E-state index in [1.807, 2.05) is 11.3 Å². The lowest BCUT2D eigenvalue weighted by molar-refractivity contribution is 0.162. The number of fused-ring (bicyclic) bond motifs is 1. The molecule has 0 aromatic carbocycles. The molecule has 1 fully saturated rings. The Morgan fingerprint density at radius 1 is 1.50 bits per heavy atom. The standard InChI is InChI=1S/C14H22N2OS/c1-2-15-13-10-17-9-12(13)8-16-5-3-14-11(7-16)4-6-18-14/h4,6,12-13,15H,2-3,5,7-10H2,1H3. The van der Waals surface area contributed by atoms with Crippen molar-refractivity contribution >= 4 is 11.3 Å². The molecule has 2 aliphatic heterocycles. The molecule has 0 radical (unpaired) electrons. The molecule has 0 aliphatic carbocycles. The molecule has 1 N–H and O–H groups in total. The number of likely N-dealkylation sites (N-methyl/N-ethyl adjacent to an activating group) is 1. The normalized spacial score (nSPS) is 28.5. The molecule has 0 bridgehead atoms. The van der Waals surface area contributed by atoms with Gasteiger partial charge in [0.05, 0.1) is 13.2 Å². The summed E-state index contributed by atoms with van der Waals surface area (Å²) in [6, 6.07) is 2.85. The number of nitrogens with zero attached hydrogens (tertiary/aromatic N) is 1. The van der Waals surface area contributed by atoms with Crippen molar-refractivity contribution in [1.29, 1.82) is 0 Å². The fourth-order valence-electron chi connectivity index (χ4n) is 3.06. The average molecular weight is 266 g/mol. The van der Waals surface area contributed by atoms with Gasteiger partial charge in [0.15, 0.2) is 0 Å². The fourth-order valence-corrected chi connectivity index (χ4v) is 3.95. The molecule has 1 aromatic heterocycles. The van der Waals surface area contributed by atoms with Gasteiger partial charge < -0.3 is 10.1 Å². The SMILES string of the molecule is CCNC1COCC1CN1CCc2sccc2C1. The Bertz CT molecular complexity index is 393. The molecule has 0 spiro atoms. The van der Waals surface area contributed by atoms with Crippen LogP contribution in [0.5, 0.6) is 0 Å². The van der Waals surface area contributed by atoms with E-state index < -0.39 is 0 Å². The van der Waals surface area contributed by atoms with Gasteiger partial charge in [-0.2, -0.15) is 0 Å². The molecule has 3 heterocycles. The van der Waals surface area contributed by atoms with Crippen LogP contribution in [0.25, 0.3) is 0 Å². The molecule has 2 unspecified atom stereocenters. The Labute approximate surface area is 113 Å². The van der Waals surface area contributed by atoms with Crippen molar-refractivity contribution in [2.75, 3.05) is 32.8 Å². The van der Waals surface area contributed by atoms with Crippen LogP contribution >= 0.6 is 11.3 Å². The molecular weight excluding hydrogens is 244 g/mol. The lowest BCUT2D eigenvalue weighted by Gasteiger charge is -2.30. The van der Waals surface area contributed by atoms with E-state index in [9.17, 15) is 0 Å². The maximum absolute atomic E-state index is 5.63. The lowest BCUT2D eigenvalue weighted by Crippen LogP contribution is -2.42. The zero-order valence-electron chi connectivity index (χ0n) is 11.0. The zero-order chi connectivity index (χ0) is 12.4. The molecule has 2 atom stereocenters. The Balaban J connectivity index is 1.57. The Hall–Kier alpha value is -0.420. The average Bonchev–Trinajstić information content (AvgIpc) is 2.99. The van der Waals surface area contributed by atoms with Crippen LogP contribution in [0.2, 0.25) is 0 Å². The maximum Gasteiger partial charge on any atom is 0.0623 e. The summed E-state index contributed by atoms with van der Waals surface area (Å²) in [5.41, 5.74) is 1.55. The van der Waals surface area contributed by atoms with Crippen LogP contribution in [-0.4, -0.2) is 43.8 Å². The van der Waals surface area contributed by atoms with Gasteiger partial charge in [0.1, 0.15) is 0 Å². The van der Waals surface area contributed by atoms with Gasteiger partial charge in [-0.3, -0.25) is 4.90 Å². The Kier molecular flexibility index (Phi) is 3.99. The first-order valence-electron chi connectivity index (χ1n) is 6.95. The number of hydrogen-bond donors (Lipinski definition) is 1. The van der Waals surface area contributed by atoms with Gasteiger partial charge in [-0.15, -0.1) is 11.3 Å². The highest BCUT2D eigenvalue weighted by molar-refractivity contribution is 7.10. The molecule has 1 saturated heterocycles. The van der Waals surface area contributed by atoms with E-state index in [4.69, 9.17) is 4.74 Å². The topological polar surface area (TPSA) is 24.5 Å². The van der Waals surface area contributed by atoms with E-state index in [1.54, 1.807) is 10.4 Å². The largest absolute Gasteiger partial charge is 0.379 e. The third-order valence-corrected chi connectivity index (χ3v) is 5.07. The van der Waals surface area contributed by atoms with Crippen molar-refractivity contribution < 1.29 is 4.74 Å². The van der Waals surface area contributed by atoms with Gasteiger partial charge >= 0.3 is 0 Å². The van der Waals surface area contributed by atoms with Crippen LogP contribution in [0.15, 0.2) is 11.4 Å². The van der Waals surface area contributed by atoms with Crippen LogP contribution < -0.4 is 5.32 Å². The van der Waals surface area contributed by atoms with Gasteiger partial charge in [0.25, 0.3) is 0 Å². The van der Waals surface area contributed by atoms with Gasteiger partial charge in [-0.1, -0.05) is 6.92 Å². The summed E-state index contributed by atoms with van der Waals surface area (Å²) in [7, 11) is 0. The Morgan fingerprint density at radius 3 is 3.33 bits per heavy atom. The smallest absolute Gasteiger partial charge is 0.0623 e. The van der Waals surface area contributed by atoms with Crippen LogP contribution in [-0.2, 0) is 17.7 Å². The van der Waals surface area contributed by atoms with E-state index in [0.717, 1.165) is 26.3 Å². The number of hydrogen-bond acceptors (Lipinski definition) is 4. The monoisotopic (exact) mass is 266 g/mol. The maximum atomic E-state index is 5.63. The van der Waals surface area contributed by atoms with Crippen molar-refractivity contribution in [3.05, 3.63) is 21.9 Å². The number of rotatable bonds is 4. The van der Waals surface area contributed by atoms with Gasteiger partial charge in [0, 0.05) is 36.5 Å². The highest BCUT2D eigenvalue weighted by Crippen LogP contribution is 2.25. The summed E-state index contributed by atoms with van der Waals surface area (Å²) in [6.45, 7) is 8.54. The summed E-state index contributed by atoms with van der Waals surface area (Å²) in [5, 5.41) is 5.78. The van der Waals surface area contributed by atoms with Crippen molar-refractivity contribution in [2.45, 2.75) is 25.9 Å². The lowest BCUT2D eigenvalue weighted by atomic mass is 10.0. The highest BCUT2D eigenvalue weighted by atomic mass is 32.1. The molecule has 1 aromatic rings. The minimum atomic E-state index is 0.555. The Morgan fingerprint density at radius 2 is 2.44 bits per heavy atom. The van der Waals surface area contributed by atoms with E-state index in [1.165, 1.54) is 19.5 Å². The second kappa shape index (κ2) is 5.70. The first-order valence-corrected chi connectivity index (χ1v) is 7.83. The molecule has 18 heavy (non-hydrogen) atoms. The quantitative estimate of drug-likeness (QED) is 0.898. The van der Waals surface area contributed by atoms with Crippen LogP contribution in [0.3, 0.4) is 0 Å². The van der Waals surface area contributed by atoms with Crippen LogP contribution in [0.4, 0.5) is 0 Å². The summed E-state index contributed by atoms with van der Waals surface area (Å²) < 4.78 is 5.63. The van der Waals surface area contributed by atoms with Crippen LogP contribution in [0, 0.1) is 5.92 Å². The molecule has 100 valence electrons. The van der Waals surface area contributed by atoms with Crippen molar-refractivity contribution in [1.82, 2.24) is 10.2 Å². The summed E-state index contributed by atoms with van der Waals surface area (Å²) in [4.78, 5) is 4.19. The van der Waals surface area contributed by atoms with Gasteiger partial charge in [0.2, 0.25) is 0 Å². The van der Waals surface area contributed by atoms with Gasteiger partial charge in [-0.25, -0.2) is 0 Å². The third-order valence-electron chi connectivity index (χ3n) is 4.04. The zero-order valence-corrected chi connectivity index (χ0v) is 11.8. The first kappa shape index (κ1) is 12.6. The van der Waals surface area contributed by atoms with E-state index in [2.05, 4.69) is 28.6 Å². The highest BCUT2D eigenvalue weighted by Gasteiger charge is 2.30. The van der Waals surface area contributed by atoms with E-state index in [-0.39, 0.29) is 0 Å². The molecule has 3 nitrogen and oxygen atoms in total. The number of ether oxygens (including phenoxy) is 1. The molecular formula is C14H22N2OS. The van der Waals surface area contributed by atoms with Crippen LogP contribution in [0.1, 0.15) is 17.4 Å².